The quantitative estimate of drug-likeness (QED) is 0.667. The van der Waals surface area contributed by atoms with Crippen molar-refractivity contribution in [1.82, 2.24) is 14.2 Å². The molecule has 7 nitrogen and oxygen atoms in total. The molecule has 0 saturated heterocycles. The van der Waals surface area contributed by atoms with Crippen molar-refractivity contribution in [2.75, 3.05) is 14.2 Å². The van der Waals surface area contributed by atoms with Crippen LogP contribution in [0.3, 0.4) is 0 Å². The molecule has 2 heterocycles. The van der Waals surface area contributed by atoms with Crippen LogP contribution in [0.2, 0.25) is 0 Å². The highest BCUT2D eigenvalue weighted by Gasteiger charge is 2.10. The molecule has 0 bridgehead atoms. The van der Waals surface area contributed by atoms with Gasteiger partial charge in [0.15, 0.2) is 0 Å². The molecule has 7 heteroatoms. The molecule has 3 aromatic rings. The van der Waals surface area contributed by atoms with Gasteiger partial charge in [0.25, 0.3) is 5.56 Å². The summed E-state index contributed by atoms with van der Waals surface area (Å²) in [5.74, 6) is 0.368. The van der Waals surface area contributed by atoms with E-state index in [1.807, 2.05) is 24.3 Å². The van der Waals surface area contributed by atoms with Gasteiger partial charge < -0.3 is 14.0 Å². The number of esters is 1. The average Bonchev–Trinajstić information content (AvgIpc) is 3.06. The summed E-state index contributed by atoms with van der Waals surface area (Å²) in [6, 6.07) is 9.20. The number of carbonyl (C=O) groups is 1. The predicted octanol–water partition coefficient (Wildman–Crippen LogP) is 1.73. The van der Waals surface area contributed by atoms with E-state index in [-0.39, 0.29) is 24.5 Å². The number of hydrogen-bond acceptors (Lipinski definition) is 5. The highest BCUT2D eigenvalue weighted by Crippen LogP contribution is 2.23. The van der Waals surface area contributed by atoms with Gasteiger partial charge in [-0.05, 0) is 18.2 Å². The molecule has 1 aromatic carbocycles. The van der Waals surface area contributed by atoms with Gasteiger partial charge in [-0.1, -0.05) is 12.1 Å². The molecule has 0 atom stereocenters. The fraction of sp³-hybridized carbons (Fsp3) is 0.235. The fourth-order valence-corrected chi connectivity index (χ4v) is 2.44. The Morgan fingerprint density at radius 3 is 2.79 bits per heavy atom. The molecular formula is C17H17N3O4. The van der Waals surface area contributed by atoms with E-state index in [9.17, 15) is 9.59 Å². The molecule has 0 saturated carbocycles. The molecule has 0 fully saturated rings. The van der Waals surface area contributed by atoms with E-state index in [1.54, 1.807) is 25.6 Å². The zero-order chi connectivity index (χ0) is 17.1. The SMILES string of the molecule is COC(=O)CCn1ccn2nc(-c3cccc(OC)c3)cc2c1=O. The molecule has 0 radical (unpaired) electrons. The van der Waals surface area contributed by atoms with Gasteiger partial charge in [0.1, 0.15) is 11.3 Å². The van der Waals surface area contributed by atoms with Gasteiger partial charge in [-0.3, -0.25) is 9.59 Å². The zero-order valence-corrected chi connectivity index (χ0v) is 13.4. The Morgan fingerprint density at radius 1 is 1.21 bits per heavy atom. The Labute approximate surface area is 138 Å². The maximum atomic E-state index is 12.5. The molecule has 0 aliphatic rings. The van der Waals surface area contributed by atoms with E-state index in [4.69, 9.17) is 4.74 Å². The van der Waals surface area contributed by atoms with E-state index in [1.165, 1.54) is 16.2 Å². The fourth-order valence-electron chi connectivity index (χ4n) is 2.44. The van der Waals surface area contributed by atoms with E-state index < -0.39 is 0 Å². The van der Waals surface area contributed by atoms with Crippen molar-refractivity contribution in [2.45, 2.75) is 13.0 Å². The number of fused-ring (bicyclic) bond motifs is 1. The van der Waals surface area contributed by atoms with Crippen LogP contribution in [0.5, 0.6) is 5.75 Å². The molecule has 0 spiro atoms. The van der Waals surface area contributed by atoms with Gasteiger partial charge >= 0.3 is 5.97 Å². The number of methoxy groups -OCH3 is 2. The zero-order valence-electron chi connectivity index (χ0n) is 13.4. The molecular weight excluding hydrogens is 310 g/mol. The first-order valence-electron chi connectivity index (χ1n) is 7.42. The first-order chi connectivity index (χ1) is 11.6. The van der Waals surface area contributed by atoms with Crippen LogP contribution in [-0.2, 0) is 16.1 Å². The van der Waals surface area contributed by atoms with Crippen molar-refractivity contribution in [3.05, 3.63) is 53.1 Å². The van der Waals surface area contributed by atoms with Crippen LogP contribution in [0.15, 0.2) is 47.5 Å². The Bertz CT molecular complexity index is 942. The van der Waals surface area contributed by atoms with Crippen molar-refractivity contribution >= 4 is 11.5 Å². The number of ether oxygens (including phenoxy) is 2. The smallest absolute Gasteiger partial charge is 0.307 e. The number of aromatic nitrogens is 3. The third kappa shape index (κ3) is 3.01. The van der Waals surface area contributed by atoms with Crippen molar-refractivity contribution in [1.29, 1.82) is 0 Å². The minimum absolute atomic E-state index is 0.142. The third-order valence-electron chi connectivity index (χ3n) is 3.75. The Kier molecular flexibility index (Phi) is 4.33. The molecule has 0 unspecified atom stereocenters. The lowest BCUT2D eigenvalue weighted by Gasteiger charge is -2.04. The van der Waals surface area contributed by atoms with Crippen LogP contribution in [0.25, 0.3) is 16.8 Å². The molecule has 3 rings (SSSR count). The van der Waals surface area contributed by atoms with Crippen molar-refractivity contribution in [3.63, 3.8) is 0 Å². The second-order valence-electron chi connectivity index (χ2n) is 5.21. The number of benzene rings is 1. The van der Waals surface area contributed by atoms with Crippen molar-refractivity contribution in [2.24, 2.45) is 0 Å². The van der Waals surface area contributed by atoms with Gasteiger partial charge in [0.2, 0.25) is 0 Å². The van der Waals surface area contributed by atoms with Crippen LogP contribution in [0, 0.1) is 0 Å². The van der Waals surface area contributed by atoms with E-state index in [0.717, 1.165) is 11.3 Å². The first kappa shape index (κ1) is 15.8. The van der Waals surface area contributed by atoms with Crippen LogP contribution < -0.4 is 10.3 Å². The summed E-state index contributed by atoms with van der Waals surface area (Å²) in [6.07, 6.45) is 3.45. The van der Waals surface area contributed by atoms with Crippen molar-refractivity contribution < 1.29 is 14.3 Å². The number of nitrogens with zero attached hydrogens (tertiary/aromatic N) is 3. The van der Waals surface area contributed by atoms with Crippen LogP contribution in [0.4, 0.5) is 0 Å². The average molecular weight is 327 g/mol. The molecule has 24 heavy (non-hydrogen) atoms. The molecule has 0 aliphatic heterocycles. The minimum Gasteiger partial charge on any atom is -0.497 e. The van der Waals surface area contributed by atoms with Gasteiger partial charge in [-0.15, -0.1) is 0 Å². The lowest BCUT2D eigenvalue weighted by atomic mass is 10.1. The number of aryl methyl sites for hydroxylation is 1. The maximum absolute atomic E-state index is 12.5. The monoisotopic (exact) mass is 327 g/mol. The van der Waals surface area contributed by atoms with Gasteiger partial charge in [-0.2, -0.15) is 5.10 Å². The summed E-state index contributed by atoms with van der Waals surface area (Å²) >= 11 is 0. The summed E-state index contributed by atoms with van der Waals surface area (Å²) in [7, 11) is 2.93. The van der Waals surface area contributed by atoms with Crippen molar-refractivity contribution in [3.8, 4) is 17.0 Å². The van der Waals surface area contributed by atoms with Crippen LogP contribution in [0.1, 0.15) is 6.42 Å². The molecule has 2 aromatic heterocycles. The van der Waals surface area contributed by atoms with E-state index >= 15 is 0 Å². The number of rotatable bonds is 5. The van der Waals surface area contributed by atoms with E-state index in [2.05, 4.69) is 9.84 Å². The number of carbonyl (C=O) groups excluding carboxylic acids is 1. The maximum Gasteiger partial charge on any atom is 0.307 e. The van der Waals surface area contributed by atoms with Crippen LogP contribution in [-0.4, -0.2) is 34.4 Å². The number of hydrogen-bond donors (Lipinski definition) is 0. The van der Waals surface area contributed by atoms with Gasteiger partial charge in [-0.25, -0.2) is 4.52 Å². The third-order valence-corrected chi connectivity index (χ3v) is 3.75. The standard InChI is InChI=1S/C17H17N3O4/c1-23-13-5-3-4-12(10-13)14-11-15-17(22)19(7-6-16(21)24-2)8-9-20(15)18-14/h3-5,8-11H,6-7H2,1-2H3. The second-order valence-corrected chi connectivity index (χ2v) is 5.21. The van der Waals surface area contributed by atoms with Crippen LogP contribution >= 0.6 is 0 Å². The summed E-state index contributed by atoms with van der Waals surface area (Å²) in [4.78, 5) is 23.8. The minimum atomic E-state index is -0.354. The summed E-state index contributed by atoms with van der Waals surface area (Å²) in [5.41, 5.74) is 1.78. The molecule has 0 aliphatic carbocycles. The Hall–Kier alpha value is -3.09. The predicted molar refractivity (Wildman–Crippen MR) is 88.1 cm³/mol. The molecule has 124 valence electrons. The molecule has 0 amide bonds. The highest BCUT2D eigenvalue weighted by molar-refractivity contribution is 5.69. The Morgan fingerprint density at radius 2 is 2.04 bits per heavy atom. The normalized spacial score (nSPS) is 10.8. The Balaban J connectivity index is 1.97. The van der Waals surface area contributed by atoms with Gasteiger partial charge in [0.05, 0.1) is 26.3 Å². The van der Waals surface area contributed by atoms with E-state index in [0.29, 0.717) is 11.2 Å². The topological polar surface area (TPSA) is 74.8 Å². The largest absolute Gasteiger partial charge is 0.497 e. The summed E-state index contributed by atoms with van der Waals surface area (Å²) in [6.45, 7) is 0.266. The lowest BCUT2D eigenvalue weighted by molar-refractivity contribution is -0.140. The first-order valence-corrected chi connectivity index (χ1v) is 7.42. The summed E-state index contributed by atoms with van der Waals surface area (Å²) in [5, 5.41) is 4.43. The molecule has 0 N–H and O–H groups in total. The highest BCUT2D eigenvalue weighted by atomic mass is 16.5. The second kappa shape index (κ2) is 6.57. The summed E-state index contributed by atoms with van der Waals surface area (Å²) < 4.78 is 12.8. The lowest BCUT2D eigenvalue weighted by Crippen LogP contribution is -2.22. The van der Waals surface area contributed by atoms with Gasteiger partial charge in [0, 0.05) is 24.5 Å².